The number of rotatable bonds is 3. The van der Waals surface area contributed by atoms with Gasteiger partial charge in [-0.3, -0.25) is 4.90 Å². The van der Waals surface area contributed by atoms with Gasteiger partial charge in [0.15, 0.2) is 4.77 Å². The van der Waals surface area contributed by atoms with Crippen molar-refractivity contribution in [2.45, 2.75) is 19.9 Å². The molecular formula is C15H20FN3OS. The molecule has 0 saturated carbocycles. The minimum Gasteiger partial charge on any atom is -0.379 e. The second-order valence-corrected chi connectivity index (χ2v) is 6.07. The monoisotopic (exact) mass is 309 g/mol. The Hall–Kier alpha value is -1.24. The van der Waals surface area contributed by atoms with Crippen molar-refractivity contribution in [3.05, 3.63) is 28.3 Å². The lowest BCUT2D eigenvalue weighted by molar-refractivity contribution is 0.0327. The topological polar surface area (TPSA) is 33.2 Å². The molecular weight excluding hydrogens is 289 g/mol. The van der Waals surface area contributed by atoms with Gasteiger partial charge in [-0.05, 0) is 43.8 Å². The number of aromatic nitrogens is 2. The first-order valence-electron chi connectivity index (χ1n) is 7.26. The normalized spacial score (nSPS) is 18.2. The molecule has 0 bridgehead atoms. The van der Waals surface area contributed by atoms with Crippen LogP contribution in [0.3, 0.4) is 0 Å². The molecule has 1 atom stereocenters. The van der Waals surface area contributed by atoms with Crippen LogP contribution in [0.1, 0.15) is 18.5 Å². The Morgan fingerprint density at radius 3 is 2.81 bits per heavy atom. The summed E-state index contributed by atoms with van der Waals surface area (Å²) in [5.41, 5.74) is 2.38. The van der Waals surface area contributed by atoms with Gasteiger partial charge in [0.2, 0.25) is 0 Å². The highest BCUT2D eigenvalue weighted by Crippen LogP contribution is 2.23. The van der Waals surface area contributed by atoms with E-state index < -0.39 is 0 Å². The molecule has 4 nitrogen and oxygen atoms in total. The lowest BCUT2D eigenvalue weighted by Crippen LogP contribution is -2.39. The molecule has 1 aliphatic heterocycles. The largest absolute Gasteiger partial charge is 0.379 e. The lowest BCUT2D eigenvalue weighted by atomic mass is 10.2. The Labute approximate surface area is 128 Å². The highest BCUT2D eigenvalue weighted by molar-refractivity contribution is 7.71. The smallest absolute Gasteiger partial charge is 0.178 e. The standard InChI is InChI=1S/C15H20FN3OS/c1-10-7-14-13(8-12(10)16)17-15(21)19(14)11(2)9-18-3-5-20-6-4-18/h7-8,11H,3-6,9H2,1-2H3,(H,17,21). The van der Waals surface area contributed by atoms with Gasteiger partial charge in [-0.15, -0.1) is 0 Å². The van der Waals surface area contributed by atoms with E-state index in [4.69, 9.17) is 17.0 Å². The molecule has 0 radical (unpaired) electrons. The number of nitrogens with one attached hydrogen (secondary N) is 1. The highest BCUT2D eigenvalue weighted by atomic mass is 32.1. The summed E-state index contributed by atoms with van der Waals surface area (Å²) in [4.78, 5) is 5.49. The number of ether oxygens (including phenoxy) is 1. The summed E-state index contributed by atoms with van der Waals surface area (Å²) in [6, 6.07) is 3.62. The molecule has 3 rings (SSSR count). The molecule has 0 aliphatic carbocycles. The van der Waals surface area contributed by atoms with Crippen LogP contribution in [0.2, 0.25) is 0 Å². The maximum absolute atomic E-state index is 13.7. The lowest BCUT2D eigenvalue weighted by Gasteiger charge is -2.29. The van der Waals surface area contributed by atoms with Gasteiger partial charge in [0.05, 0.1) is 24.2 Å². The molecule has 1 aliphatic rings. The van der Waals surface area contributed by atoms with Crippen molar-refractivity contribution >= 4 is 23.3 Å². The fourth-order valence-electron chi connectivity index (χ4n) is 2.93. The van der Waals surface area contributed by atoms with Crippen LogP contribution in [0.4, 0.5) is 4.39 Å². The molecule has 114 valence electrons. The third kappa shape index (κ3) is 2.88. The number of morpholine rings is 1. The average Bonchev–Trinajstić information content (AvgIpc) is 2.75. The number of nitrogens with zero attached hydrogens (tertiary/aromatic N) is 2. The quantitative estimate of drug-likeness (QED) is 0.885. The van der Waals surface area contributed by atoms with Gasteiger partial charge >= 0.3 is 0 Å². The first-order chi connectivity index (χ1) is 10.1. The SMILES string of the molecule is Cc1cc2c(cc1F)[nH]c(=S)n2C(C)CN1CCOCC1. The van der Waals surface area contributed by atoms with Gasteiger partial charge in [-0.2, -0.15) is 0 Å². The van der Waals surface area contributed by atoms with E-state index in [9.17, 15) is 4.39 Å². The number of imidazole rings is 1. The van der Waals surface area contributed by atoms with Gasteiger partial charge < -0.3 is 14.3 Å². The molecule has 21 heavy (non-hydrogen) atoms. The fourth-order valence-corrected chi connectivity index (χ4v) is 3.32. The Morgan fingerprint density at radius 2 is 2.10 bits per heavy atom. The molecule has 2 aromatic rings. The van der Waals surface area contributed by atoms with Gasteiger partial charge in [0.25, 0.3) is 0 Å². The number of hydrogen-bond donors (Lipinski definition) is 1. The van der Waals surface area contributed by atoms with Crippen LogP contribution in [0.25, 0.3) is 11.0 Å². The average molecular weight is 309 g/mol. The molecule has 1 aromatic carbocycles. The van der Waals surface area contributed by atoms with E-state index in [2.05, 4.69) is 21.4 Å². The van der Waals surface area contributed by atoms with E-state index in [-0.39, 0.29) is 11.9 Å². The summed E-state index contributed by atoms with van der Waals surface area (Å²) in [5.74, 6) is -0.202. The second-order valence-electron chi connectivity index (χ2n) is 5.68. The van der Waals surface area contributed by atoms with Crippen molar-refractivity contribution in [3.8, 4) is 0 Å². The summed E-state index contributed by atoms with van der Waals surface area (Å²) < 4.78 is 21.8. The molecule has 1 fully saturated rings. The molecule has 1 saturated heterocycles. The Kier molecular flexibility index (Phi) is 4.10. The number of benzene rings is 1. The van der Waals surface area contributed by atoms with Crippen molar-refractivity contribution < 1.29 is 9.13 Å². The predicted molar refractivity (Wildman–Crippen MR) is 83.8 cm³/mol. The van der Waals surface area contributed by atoms with Crippen LogP contribution >= 0.6 is 12.2 Å². The van der Waals surface area contributed by atoms with Crippen LogP contribution in [0.15, 0.2) is 12.1 Å². The summed E-state index contributed by atoms with van der Waals surface area (Å²) in [7, 11) is 0. The van der Waals surface area contributed by atoms with E-state index in [1.165, 1.54) is 6.07 Å². The molecule has 2 heterocycles. The zero-order valence-electron chi connectivity index (χ0n) is 12.4. The summed E-state index contributed by atoms with van der Waals surface area (Å²) in [6.45, 7) is 8.33. The van der Waals surface area contributed by atoms with E-state index in [0.717, 1.165) is 43.9 Å². The van der Waals surface area contributed by atoms with E-state index in [1.807, 2.05) is 6.07 Å². The Bertz CT molecular complexity index is 703. The van der Waals surface area contributed by atoms with Crippen LogP contribution < -0.4 is 0 Å². The molecule has 0 amide bonds. The molecule has 1 aromatic heterocycles. The van der Waals surface area contributed by atoms with Crippen LogP contribution in [0.5, 0.6) is 0 Å². The van der Waals surface area contributed by atoms with Gasteiger partial charge in [0, 0.05) is 25.7 Å². The predicted octanol–water partition coefficient (Wildman–Crippen LogP) is 3.04. The second kappa shape index (κ2) is 5.87. The minimum absolute atomic E-state index is 0.202. The van der Waals surface area contributed by atoms with Crippen molar-refractivity contribution in [1.82, 2.24) is 14.5 Å². The Morgan fingerprint density at radius 1 is 1.38 bits per heavy atom. The number of hydrogen-bond acceptors (Lipinski definition) is 3. The fraction of sp³-hybridized carbons (Fsp3) is 0.533. The number of fused-ring (bicyclic) bond motifs is 1. The number of aryl methyl sites for hydroxylation is 1. The van der Waals surface area contributed by atoms with Crippen molar-refractivity contribution in [1.29, 1.82) is 0 Å². The van der Waals surface area contributed by atoms with Crippen LogP contribution in [-0.4, -0.2) is 47.3 Å². The number of halogens is 1. The van der Waals surface area contributed by atoms with E-state index >= 15 is 0 Å². The zero-order valence-corrected chi connectivity index (χ0v) is 13.2. The van der Waals surface area contributed by atoms with Gasteiger partial charge in [0.1, 0.15) is 5.82 Å². The van der Waals surface area contributed by atoms with E-state index in [0.29, 0.717) is 10.3 Å². The van der Waals surface area contributed by atoms with Gasteiger partial charge in [-0.1, -0.05) is 0 Å². The maximum Gasteiger partial charge on any atom is 0.178 e. The van der Waals surface area contributed by atoms with Crippen LogP contribution in [-0.2, 0) is 4.74 Å². The first-order valence-corrected chi connectivity index (χ1v) is 7.67. The van der Waals surface area contributed by atoms with Crippen molar-refractivity contribution in [2.75, 3.05) is 32.8 Å². The van der Waals surface area contributed by atoms with Gasteiger partial charge in [-0.25, -0.2) is 4.39 Å². The number of aromatic amines is 1. The third-order valence-corrected chi connectivity index (χ3v) is 4.36. The summed E-state index contributed by atoms with van der Waals surface area (Å²) in [5, 5.41) is 0. The molecule has 1 N–H and O–H groups in total. The summed E-state index contributed by atoms with van der Waals surface area (Å²) in [6.07, 6.45) is 0. The zero-order chi connectivity index (χ0) is 15.0. The molecule has 6 heteroatoms. The van der Waals surface area contributed by atoms with Crippen LogP contribution in [0, 0.1) is 17.5 Å². The molecule has 1 unspecified atom stereocenters. The summed E-state index contributed by atoms with van der Waals surface area (Å²) >= 11 is 5.43. The molecule has 0 spiro atoms. The number of H-pyrrole nitrogens is 1. The first kappa shape index (κ1) is 14.7. The van der Waals surface area contributed by atoms with Crippen molar-refractivity contribution in [3.63, 3.8) is 0 Å². The highest BCUT2D eigenvalue weighted by Gasteiger charge is 2.18. The Balaban J connectivity index is 1.93. The van der Waals surface area contributed by atoms with E-state index in [1.54, 1.807) is 6.92 Å². The third-order valence-electron chi connectivity index (χ3n) is 4.06. The van der Waals surface area contributed by atoms with Crippen molar-refractivity contribution in [2.24, 2.45) is 0 Å². The maximum atomic E-state index is 13.7. The minimum atomic E-state index is -0.202.